The summed E-state index contributed by atoms with van der Waals surface area (Å²) >= 11 is 0. The Morgan fingerprint density at radius 1 is 1.00 bits per heavy atom. The molecule has 1 N–H and O–H groups in total. The first-order chi connectivity index (χ1) is 17.0. The Balaban J connectivity index is 1.94. The van der Waals surface area contributed by atoms with Crippen LogP contribution >= 0.6 is 0 Å². The zero-order valence-electron chi connectivity index (χ0n) is 18.7. The van der Waals surface area contributed by atoms with Gasteiger partial charge in [0.15, 0.2) is 5.82 Å². The van der Waals surface area contributed by atoms with Crippen LogP contribution in [0.4, 0.5) is 19.0 Å². The molecule has 4 rings (SSSR count). The third-order valence-electron chi connectivity index (χ3n) is 5.41. The summed E-state index contributed by atoms with van der Waals surface area (Å²) in [5.41, 5.74) is -0.992. The molecule has 0 amide bonds. The Hall–Kier alpha value is -4.12. The van der Waals surface area contributed by atoms with Gasteiger partial charge < -0.3 is 9.84 Å². The molecule has 36 heavy (non-hydrogen) atoms. The van der Waals surface area contributed by atoms with Crippen molar-refractivity contribution >= 4 is 32.7 Å². The van der Waals surface area contributed by atoms with Gasteiger partial charge in [-0.3, -0.25) is 0 Å². The SMILES string of the molecule is COc1ccc(S(=O)(=O)N(Cc2ccccc2)c2nc3ccc(C(F)(F)F)cc3cc2C(=O)O)cc1. The number of rotatable bonds is 7. The van der Waals surface area contributed by atoms with Crippen molar-refractivity contribution in [1.29, 1.82) is 0 Å². The second-order valence-electron chi connectivity index (χ2n) is 7.74. The van der Waals surface area contributed by atoms with E-state index in [1.165, 1.54) is 31.4 Å². The van der Waals surface area contributed by atoms with E-state index in [0.717, 1.165) is 28.6 Å². The molecule has 0 aliphatic heterocycles. The molecule has 7 nitrogen and oxygen atoms in total. The van der Waals surface area contributed by atoms with Crippen LogP contribution in [0.2, 0.25) is 0 Å². The van der Waals surface area contributed by atoms with Crippen molar-refractivity contribution in [3.8, 4) is 5.75 Å². The number of hydrogen-bond acceptors (Lipinski definition) is 5. The number of aromatic carboxylic acids is 1. The highest BCUT2D eigenvalue weighted by atomic mass is 32.2. The Morgan fingerprint density at radius 2 is 1.67 bits per heavy atom. The van der Waals surface area contributed by atoms with Crippen LogP contribution in [0.3, 0.4) is 0 Å². The van der Waals surface area contributed by atoms with Gasteiger partial charge in [0.2, 0.25) is 0 Å². The topological polar surface area (TPSA) is 96.8 Å². The number of fused-ring (bicyclic) bond motifs is 1. The summed E-state index contributed by atoms with van der Waals surface area (Å²) in [6.07, 6.45) is -4.65. The fraction of sp³-hybridized carbons (Fsp3) is 0.120. The number of ether oxygens (including phenoxy) is 1. The van der Waals surface area contributed by atoms with E-state index < -0.39 is 39.1 Å². The number of anilines is 1. The van der Waals surface area contributed by atoms with Gasteiger partial charge in [0, 0.05) is 5.39 Å². The second-order valence-corrected chi connectivity index (χ2v) is 9.61. The first-order valence-corrected chi connectivity index (χ1v) is 11.9. The highest BCUT2D eigenvalue weighted by molar-refractivity contribution is 7.92. The zero-order chi connectivity index (χ0) is 26.1. The summed E-state index contributed by atoms with van der Waals surface area (Å²) in [6, 6.07) is 17.6. The van der Waals surface area contributed by atoms with Crippen LogP contribution in [0, 0.1) is 0 Å². The number of nitrogens with zero attached hydrogens (tertiary/aromatic N) is 2. The lowest BCUT2D eigenvalue weighted by Crippen LogP contribution is -2.33. The molecule has 0 bridgehead atoms. The van der Waals surface area contributed by atoms with E-state index in [9.17, 15) is 31.5 Å². The minimum atomic E-state index is -4.65. The fourth-order valence-electron chi connectivity index (χ4n) is 3.59. The van der Waals surface area contributed by atoms with Crippen molar-refractivity contribution in [1.82, 2.24) is 4.98 Å². The number of carboxylic acids is 1. The smallest absolute Gasteiger partial charge is 0.416 e. The minimum absolute atomic E-state index is 0.00555. The predicted molar refractivity (Wildman–Crippen MR) is 127 cm³/mol. The van der Waals surface area contributed by atoms with E-state index in [4.69, 9.17) is 4.74 Å². The summed E-state index contributed by atoms with van der Waals surface area (Å²) in [5.74, 6) is -1.55. The fourth-order valence-corrected chi connectivity index (χ4v) is 5.01. The molecule has 186 valence electrons. The van der Waals surface area contributed by atoms with Gasteiger partial charge in [0.1, 0.15) is 11.3 Å². The lowest BCUT2D eigenvalue weighted by atomic mass is 10.1. The lowest BCUT2D eigenvalue weighted by molar-refractivity contribution is -0.137. The number of carboxylic acid groups (broad SMARTS) is 1. The number of halogens is 3. The van der Waals surface area contributed by atoms with E-state index in [1.54, 1.807) is 30.3 Å². The first kappa shape index (κ1) is 25.0. The second kappa shape index (κ2) is 9.50. The van der Waals surface area contributed by atoms with Crippen LogP contribution in [0.25, 0.3) is 10.9 Å². The maximum atomic E-state index is 13.7. The normalized spacial score (nSPS) is 11.9. The van der Waals surface area contributed by atoms with Crippen molar-refractivity contribution in [2.75, 3.05) is 11.4 Å². The molecule has 0 saturated carbocycles. The Morgan fingerprint density at radius 3 is 2.25 bits per heavy atom. The summed E-state index contributed by atoms with van der Waals surface area (Å²) < 4.78 is 73.0. The third-order valence-corrected chi connectivity index (χ3v) is 7.16. The van der Waals surface area contributed by atoms with Crippen molar-refractivity contribution in [3.05, 3.63) is 95.6 Å². The van der Waals surface area contributed by atoms with E-state index in [-0.39, 0.29) is 22.3 Å². The molecule has 0 fully saturated rings. The summed E-state index contributed by atoms with van der Waals surface area (Å²) in [7, 11) is -2.94. The molecular weight excluding hydrogens is 497 g/mol. The molecule has 0 spiro atoms. The molecule has 0 aliphatic carbocycles. The van der Waals surface area contributed by atoms with Crippen LogP contribution < -0.4 is 9.04 Å². The highest BCUT2D eigenvalue weighted by Gasteiger charge is 2.33. The van der Waals surface area contributed by atoms with E-state index >= 15 is 0 Å². The summed E-state index contributed by atoms with van der Waals surface area (Å²) in [4.78, 5) is 16.2. The number of aromatic nitrogens is 1. The van der Waals surface area contributed by atoms with Crippen molar-refractivity contribution < 1.29 is 36.2 Å². The van der Waals surface area contributed by atoms with E-state index in [2.05, 4.69) is 4.98 Å². The maximum Gasteiger partial charge on any atom is 0.416 e. The van der Waals surface area contributed by atoms with Gasteiger partial charge in [0.25, 0.3) is 10.0 Å². The molecule has 3 aromatic carbocycles. The Kier molecular flexibility index (Phi) is 6.59. The minimum Gasteiger partial charge on any atom is -0.497 e. The lowest BCUT2D eigenvalue weighted by Gasteiger charge is -2.25. The van der Waals surface area contributed by atoms with Crippen LogP contribution in [0.1, 0.15) is 21.5 Å². The molecule has 1 aromatic heterocycles. The molecule has 1 heterocycles. The molecule has 0 atom stereocenters. The average Bonchev–Trinajstić information content (AvgIpc) is 2.86. The van der Waals surface area contributed by atoms with Gasteiger partial charge in [-0.05, 0) is 54.1 Å². The van der Waals surface area contributed by atoms with E-state index in [0.29, 0.717) is 11.3 Å². The molecule has 4 aromatic rings. The number of carbonyl (C=O) groups is 1. The number of alkyl halides is 3. The first-order valence-electron chi connectivity index (χ1n) is 10.5. The zero-order valence-corrected chi connectivity index (χ0v) is 19.5. The van der Waals surface area contributed by atoms with Crippen LogP contribution in [0.15, 0.2) is 83.8 Å². The molecule has 11 heteroatoms. The number of methoxy groups -OCH3 is 1. The van der Waals surface area contributed by atoms with Gasteiger partial charge in [-0.1, -0.05) is 30.3 Å². The van der Waals surface area contributed by atoms with Gasteiger partial charge in [-0.25, -0.2) is 22.5 Å². The standard InChI is InChI=1S/C25H19F3N2O5S/c1-35-19-8-10-20(11-9-19)36(33,34)30(15-16-5-3-2-4-6-16)23-21(24(31)32)14-17-13-18(25(26,27)28)7-12-22(17)29-23/h2-14H,15H2,1H3,(H,31,32). The van der Waals surface area contributed by atoms with Gasteiger partial charge >= 0.3 is 12.1 Å². The van der Waals surface area contributed by atoms with Gasteiger partial charge in [-0.2, -0.15) is 13.2 Å². The largest absolute Gasteiger partial charge is 0.497 e. The van der Waals surface area contributed by atoms with Crippen LogP contribution in [0.5, 0.6) is 5.75 Å². The maximum absolute atomic E-state index is 13.7. The van der Waals surface area contributed by atoms with Gasteiger partial charge in [-0.15, -0.1) is 0 Å². The van der Waals surface area contributed by atoms with E-state index in [1.807, 2.05) is 0 Å². The number of benzene rings is 3. The van der Waals surface area contributed by atoms with Crippen molar-refractivity contribution in [2.24, 2.45) is 0 Å². The molecule has 0 aliphatic rings. The molecule has 0 unspecified atom stereocenters. The number of sulfonamides is 1. The third kappa shape index (κ3) is 4.96. The van der Waals surface area contributed by atoms with Gasteiger partial charge in [0.05, 0.1) is 29.6 Å². The Labute approximate surface area is 204 Å². The molecule has 0 saturated heterocycles. The Bertz CT molecular complexity index is 1520. The van der Waals surface area contributed by atoms with Crippen LogP contribution in [-0.4, -0.2) is 31.6 Å². The molecular formula is C25H19F3N2O5S. The summed E-state index contributed by atoms with van der Waals surface area (Å²) in [5, 5.41) is 9.78. The monoisotopic (exact) mass is 516 g/mol. The molecule has 0 radical (unpaired) electrons. The number of hydrogen-bond donors (Lipinski definition) is 1. The summed E-state index contributed by atoms with van der Waals surface area (Å²) in [6.45, 7) is -0.269. The van der Waals surface area contributed by atoms with Crippen molar-refractivity contribution in [3.63, 3.8) is 0 Å². The average molecular weight is 516 g/mol. The quantitative estimate of drug-likeness (QED) is 0.356. The van der Waals surface area contributed by atoms with Crippen molar-refractivity contribution in [2.45, 2.75) is 17.6 Å². The number of pyridine rings is 1. The highest BCUT2D eigenvalue weighted by Crippen LogP contribution is 2.34. The van der Waals surface area contributed by atoms with Crippen LogP contribution in [-0.2, 0) is 22.7 Å². The predicted octanol–water partition coefficient (Wildman–Crippen LogP) is 5.36.